The van der Waals surface area contributed by atoms with E-state index in [1.807, 2.05) is 6.08 Å². The van der Waals surface area contributed by atoms with E-state index >= 15 is 0 Å². The molecule has 21 heavy (non-hydrogen) atoms. The molecule has 0 bridgehead atoms. The molecule has 0 saturated carbocycles. The molecule has 0 amide bonds. The van der Waals surface area contributed by atoms with Gasteiger partial charge in [-0.2, -0.15) is 0 Å². The van der Waals surface area contributed by atoms with E-state index in [4.69, 9.17) is 0 Å². The van der Waals surface area contributed by atoms with Crippen molar-refractivity contribution < 1.29 is 5.11 Å². The summed E-state index contributed by atoms with van der Waals surface area (Å²) in [6.45, 7) is 6.60. The van der Waals surface area contributed by atoms with Crippen LogP contribution in [-0.2, 0) is 0 Å². The Morgan fingerprint density at radius 3 is 1.67 bits per heavy atom. The lowest BCUT2D eigenvalue weighted by atomic mass is 9.96. The van der Waals surface area contributed by atoms with Crippen LogP contribution >= 0.6 is 0 Å². The molecule has 0 fully saturated rings. The fourth-order valence-electron chi connectivity index (χ4n) is 2.91. The molecule has 0 aliphatic rings. The van der Waals surface area contributed by atoms with Gasteiger partial charge in [-0.1, -0.05) is 104 Å². The van der Waals surface area contributed by atoms with Gasteiger partial charge in [0.05, 0.1) is 6.10 Å². The van der Waals surface area contributed by atoms with Crippen molar-refractivity contribution in [3.05, 3.63) is 12.2 Å². The lowest BCUT2D eigenvalue weighted by Crippen LogP contribution is -2.16. The average molecular weight is 297 g/mol. The van der Waals surface area contributed by atoms with Gasteiger partial charge in [-0.15, -0.1) is 0 Å². The molecule has 0 spiro atoms. The molecule has 0 heterocycles. The van der Waals surface area contributed by atoms with Crippen LogP contribution in [-0.4, -0.2) is 11.2 Å². The molecule has 1 N–H and O–H groups in total. The van der Waals surface area contributed by atoms with Crippen LogP contribution in [0.25, 0.3) is 0 Å². The van der Waals surface area contributed by atoms with Crippen LogP contribution < -0.4 is 0 Å². The molecule has 0 aliphatic heterocycles. The topological polar surface area (TPSA) is 20.2 Å². The summed E-state index contributed by atoms with van der Waals surface area (Å²) in [7, 11) is 0. The molecule has 0 radical (unpaired) electrons. The number of aliphatic hydroxyl groups is 1. The van der Waals surface area contributed by atoms with E-state index in [0.717, 1.165) is 19.3 Å². The van der Waals surface area contributed by atoms with Crippen LogP contribution in [0.2, 0.25) is 0 Å². The Labute approximate surface area is 134 Å². The molecule has 0 aliphatic carbocycles. The average Bonchev–Trinajstić information content (AvgIpc) is 2.49. The zero-order chi connectivity index (χ0) is 15.8. The Kier molecular flexibility index (Phi) is 15.8. The van der Waals surface area contributed by atoms with E-state index < -0.39 is 0 Å². The summed E-state index contributed by atoms with van der Waals surface area (Å²) in [5.41, 5.74) is 0. The quantitative estimate of drug-likeness (QED) is 0.265. The summed E-state index contributed by atoms with van der Waals surface area (Å²) in [6.07, 6.45) is 21.1. The monoisotopic (exact) mass is 296 g/mol. The van der Waals surface area contributed by atoms with Gasteiger partial charge >= 0.3 is 0 Å². The van der Waals surface area contributed by atoms with Gasteiger partial charge in [0.2, 0.25) is 0 Å². The van der Waals surface area contributed by atoms with Crippen molar-refractivity contribution in [2.24, 2.45) is 5.92 Å². The van der Waals surface area contributed by atoms with Crippen LogP contribution in [0.1, 0.15) is 104 Å². The fraction of sp³-hybridized carbons (Fsp3) is 0.900. The predicted octanol–water partition coefficient (Wildman–Crippen LogP) is 6.65. The van der Waals surface area contributed by atoms with E-state index in [2.05, 4.69) is 26.8 Å². The van der Waals surface area contributed by atoms with Crippen LogP contribution in [0, 0.1) is 5.92 Å². The molecule has 0 saturated heterocycles. The number of unbranched alkanes of at least 4 members (excludes halogenated alkanes) is 10. The molecule has 0 rings (SSSR count). The second-order valence-electron chi connectivity index (χ2n) is 6.47. The Balaban J connectivity index is 3.32. The molecule has 1 unspecified atom stereocenters. The maximum atomic E-state index is 9.98. The second-order valence-corrected chi connectivity index (χ2v) is 6.47. The number of rotatable bonds is 15. The first-order valence-corrected chi connectivity index (χ1v) is 9.60. The predicted molar refractivity (Wildman–Crippen MR) is 95.7 cm³/mol. The van der Waals surface area contributed by atoms with E-state index in [0.29, 0.717) is 5.92 Å². The first-order chi connectivity index (χ1) is 10.3. The maximum Gasteiger partial charge on any atom is 0.0748 e. The number of hydrogen-bond acceptors (Lipinski definition) is 1. The largest absolute Gasteiger partial charge is 0.389 e. The SMILES string of the molecule is CCCCCCCCCCCCC=CC(O)C(CC)CC. The highest BCUT2D eigenvalue weighted by Crippen LogP contribution is 2.15. The highest BCUT2D eigenvalue weighted by atomic mass is 16.3. The Morgan fingerprint density at radius 2 is 1.19 bits per heavy atom. The van der Waals surface area contributed by atoms with Crippen molar-refractivity contribution in [3.63, 3.8) is 0 Å². The van der Waals surface area contributed by atoms with Gasteiger partial charge in [0.1, 0.15) is 0 Å². The van der Waals surface area contributed by atoms with E-state index in [9.17, 15) is 5.11 Å². The number of allylic oxidation sites excluding steroid dienone is 1. The van der Waals surface area contributed by atoms with Gasteiger partial charge in [0.15, 0.2) is 0 Å². The standard InChI is InChI=1S/C20H40O/c1-4-7-8-9-10-11-12-13-14-15-16-17-18-20(21)19(5-2)6-3/h17-21H,4-16H2,1-3H3. The normalized spacial score (nSPS) is 13.4. The summed E-state index contributed by atoms with van der Waals surface area (Å²) >= 11 is 0. The van der Waals surface area contributed by atoms with Crippen molar-refractivity contribution in [3.8, 4) is 0 Å². The third-order valence-electron chi connectivity index (χ3n) is 4.59. The molecule has 0 aromatic heterocycles. The van der Waals surface area contributed by atoms with Gasteiger partial charge < -0.3 is 5.11 Å². The minimum absolute atomic E-state index is 0.233. The summed E-state index contributed by atoms with van der Waals surface area (Å²) in [5.74, 6) is 0.439. The van der Waals surface area contributed by atoms with Gasteiger partial charge in [0.25, 0.3) is 0 Å². The molecule has 1 atom stereocenters. The van der Waals surface area contributed by atoms with Crippen LogP contribution in [0.4, 0.5) is 0 Å². The second kappa shape index (κ2) is 16.1. The summed E-state index contributed by atoms with van der Waals surface area (Å²) in [6, 6.07) is 0. The fourth-order valence-corrected chi connectivity index (χ4v) is 2.91. The van der Waals surface area contributed by atoms with E-state index in [-0.39, 0.29) is 6.10 Å². The number of aliphatic hydroxyl groups excluding tert-OH is 1. The molecule has 126 valence electrons. The summed E-state index contributed by atoms with van der Waals surface area (Å²) in [5, 5.41) is 9.98. The minimum Gasteiger partial charge on any atom is -0.389 e. The Hall–Kier alpha value is -0.300. The zero-order valence-electron chi connectivity index (χ0n) is 14.9. The van der Waals surface area contributed by atoms with Gasteiger partial charge in [-0.25, -0.2) is 0 Å². The molecule has 1 nitrogen and oxygen atoms in total. The van der Waals surface area contributed by atoms with Gasteiger partial charge in [0, 0.05) is 0 Å². The highest BCUT2D eigenvalue weighted by molar-refractivity contribution is 4.91. The first-order valence-electron chi connectivity index (χ1n) is 9.60. The van der Waals surface area contributed by atoms with Crippen LogP contribution in [0.3, 0.4) is 0 Å². The molecule has 1 heteroatoms. The summed E-state index contributed by atoms with van der Waals surface area (Å²) < 4.78 is 0. The van der Waals surface area contributed by atoms with Crippen molar-refractivity contribution in [2.75, 3.05) is 0 Å². The van der Waals surface area contributed by atoms with E-state index in [1.54, 1.807) is 0 Å². The third-order valence-corrected chi connectivity index (χ3v) is 4.59. The van der Waals surface area contributed by atoms with Crippen molar-refractivity contribution in [1.29, 1.82) is 0 Å². The molecular formula is C20H40O. The summed E-state index contributed by atoms with van der Waals surface area (Å²) in [4.78, 5) is 0. The number of hydrogen-bond donors (Lipinski definition) is 1. The smallest absolute Gasteiger partial charge is 0.0748 e. The lowest BCUT2D eigenvalue weighted by molar-refractivity contribution is 0.146. The first kappa shape index (κ1) is 20.7. The Bertz CT molecular complexity index is 218. The van der Waals surface area contributed by atoms with Crippen molar-refractivity contribution in [2.45, 2.75) is 110 Å². The highest BCUT2D eigenvalue weighted by Gasteiger charge is 2.11. The minimum atomic E-state index is -0.233. The van der Waals surface area contributed by atoms with Crippen molar-refractivity contribution in [1.82, 2.24) is 0 Å². The van der Waals surface area contributed by atoms with E-state index in [1.165, 1.54) is 64.2 Å². The lowest BCUT2D eigenvalue weighted by Gasteiger charge is -2.16. The van der Waals surface area contributed by atoms with Crippen molar-refractivity contribution >= 4 is 0 Å². The molecular weight excluding hydrogens is 256 g/mol. The molecule has 0 aromatic carbocycles. The van der Waals surface area contributed by atoms with Crippen LogP contribution in [0.15, 0.2) is 12.2 Å². The molecule has 0 aromatic rings. The Morgan fingerprint density at radius 1 is 0.714 bits per heavy atom. The zero-order valence-corrected chi connectivity index (χ0v) is 14.9. The third kappa shape index (κ3) is 13.1. The van der Waals surface area contributed by atoms with Gasteiger partial charge in [-0.05, 0) is 18.8 Å². The van der Waals surface area contributed by atoms with Crippen LogP contribution in [0.5, 0.6) is 0 Å². The maximum absolute atomic E-state index is 9.98. The van der Waals surface area contributed by atoms with Gasteiger partial charge in [-0.3, -0.25) is 0 Å².